The summed E-state index contributed by atoms with van der Waals surface area (Å²) in [5, 5.41) is 3.25. The second-order valence-corrected chi connectivity index (χ2v) is 6.68. The van der Waals surface area contributed by atoms with Crippen LogP contribution in [0.15, 0.2) is 23.1 Å². The van der Waals surface area contributed by atoms with Gasteiger partial charge in [-0.2, -0.15) is 0 Å². The second-order valence-electron chi connectivity index (χ2n) is 4.99. The minimum Gasteiger partial charge on any atom is -0.385 e. The Labute approximate surface area is 120 Å². The third-order valence-corrected chi connectivity index (χ3v) is 4.94. The monoisotopic (exact) mass is 298 g/mol. The Bertz CT molecular complexity index is 558. The van der Waals surface area contributed by atoms with Gasteiger partial charge in [-0.25, -0.2) is 13.1 Å². The lowest BCUT2D eigenvalue weighted by Gasteiger charge is -2.22. The number of hydrogen-bond acceptors (Lipinski definition) is 4. The van der Waals surface area contributed by atoms with Crippen LogP contribution in [0.5, 0.6) is 0 Å². The van der Waals surface area contributed by atoms with Gasteiger partial charge in [-0.1, -0.05) is 6.07 Å². The molecule has 2 N–H and O–H groups in total. The fourth-order valence-corrected chi connectivity index (χ4v) is 3.90. The number of hydrogen-bond donors (Lipinski definition) is 2. The number of benzene rings is 1. The molecule has 6 heteroatoms. The Hall–Kier alpha value is -1.11. The molecule has 0 saturated carbocycles. The molecule has 0 spiro atoms. The van der Waals surface area contributed by atoms with Crippen molar-refractivity contribution in [1.29, 1.82) is 0 Å². The van der Waals surface area contributed by atoms with E-state index in [1.54, 1.807) is 19.1 Å². The molecule has 0 aliphatic carbocycles. The van der Waals surface area contributed by atoms with Gasteiger partial charge >= 0.3 is 0 Å². The number of anilines is 1. The second kappa shape index (κ2) is 6.56. The Balaban J connectivity index is 2.21. The Kier molecular flexibility index (Phi) is 5.01. The third-order valence-electron chi connectivity index (χ3n) is 3.27. The minimum atomic E-state index is -3.50. The molecule has 1 atom stereocenters. The average Bonchev–Trinajstić information content (AvgIpc) is 2.44. The normalized spacial score (nSPS) is 16.3. The van der Waals surface area contributed by atoms with Gasteiger partial charge in [0.25, 0.3) is 0 Å². The first-order valence-corrected chi connectivity index (χ1v) is 8.48. The molecule has 0 aromatic heterocycles. The van der Waals surface area contributed by atoms with E-state index in [1.165, 1.54) is 0 Å². The van der Waals surface area contributed by atoms with Crippen LogP contribution in [-0.2, 0) is 21.2 Å². The molecule has 20 heavy (non-hydrogen) atoms. The van der Waals surface area contributed by atoms with Gasteiger partial charge < -0.3 is 10.1 Å². The van der Waals surface area contributed by atoms with E-state index in [-0.39, 0.29) is 6.04 Å². The van der Waals surface area contributed by atoms with Crippen molar-refractivity contribution in [2.45, 2.75) is 37.6 Å². The Morgan fingerprint density at radius 1 is 1.45 bits per heavy atom. The van der Waals surface area contributed by atoms with Gasteiger partial charge in [-0.15, -0.1) is 0 Å². The Morgan fingerprint density at radius 2 is 2.25 bits per heavy atom. The molecule has 1 aliphatic heterocycles. The summed E-state index contributed by atoms with van der Waals surface area (Å²) < 4.78 is 32.9. The zero-order chi connectivity index (χ0) is 14.6. The molecule has 1 aromatic rings. The highest BCUT2D eigenvalue weighted by Crippen LogP contribution is 2.28. The largest absolute Gasteiger partial charge is 0.385 e. The maximum Gasteiger partial charge on any atom is 0.241 e. The predicted molar refractivity (Wildman–Crippen MR) is 79.5 cm³/mol. The molecule has 0 radical (unpaired) electrons. The molecule has 1 aromatic carbocycles. The Morgan fingerprint density at radius 3 is 3.00 bits per heavy atom. The molecule has 5 nitrogen and oxygen atoms in total. The number of rotatable bonds is 6. The van der Waals surface area contributed by atoms with Gasteiger partial charge in [-0.05, 0) is 44.4 Å². The first-order chi connectivity index (χ1) is 9.54. The van der Waals surface area contributed by atoms with Gasteiger partial charge in [0.1, 0.15) is 0 Å². The summed E-state index contributed by atoms with van der Waals surface area (Å²) in [7, 11) is -3.50. The molecule has 1 aliphatic rings. The third kappa shape index (κ3) is 3.50. The van der Waals surface area contributed by atoms with Crippen LogP contribution in [0.1, 0.15) is 25.8 Å². The SMILES string of the molecule is CCOCC(C)NS(=O)(=O)c1cccc2c1CCCN2. The number of sulfonamides is 1. The summed E-state index contributed by atoms with van der Waals surface area (Å²) >= 11 is 0. The van der Waals surface area contributed by atoms with Crippen LogP contribution in [-0.4, -0.2) is 34.2 Å². The quantitative estimate of drug-likeness (QED) is 0.839. The van der Waals surface area contributed by atoms with E-state index < -0.39 is 10.0 Å². The van der Waals surface area contributed by atoms with Crippen molar-refractivity contribution in [1.82, 2.24) is 4.72 Å². The fraction of sp³-hybridized carbons (Fsp3) is 0.571. The minimum absolute atomic E-state index is 0.243. The van der Waals surface area contributed by atoms with Crippen LogP contribution >= 0.6 is 0 Å². The van der Waals surface area contributed by atoms with Crippen LogP contribution in [0.3, 0.4) is 0 Å². The molecule has 0 saturated heterocycles. The van der Waals surface area contributed by atoms with Crippen molar-refractivity contribution < 1.29 is 13.2 Å². The molecule has 1 unspecified atom stereocenters. The highest BCUT2D eigenvalue weighted by Gasteiger charge is 2.23. The number of nitrogens with one attached hydrogen (secondary N) is 2. The average molecular weight is 298 g/mol. The maximum absolute atomic E-state index is 12.5. The number of fused-ring (bicyclic) bond motifs is 1. The summed E-state index contributed by atoms with van der Waals surface area (Å²) in [4.78, 5) is 0.380. The fourth-order valence-electron chi connectivity index (χ4n) is 2.39. The van der Waals surface area contributed by atoms with Gasteiger partial charge in [0, 0.05) is 24.9 Å². The van der Waals surface area contributed by atoms with Crippen molar-refractivity contribution in [3.63, 3.8) is 0 Å². The van der Waals surface area contributed by atoms with Crippen LogP contribution in [0.4, 0.5) is 5.69 Å². The van der Waals surface area contributed by atoms with Crippen molar-refractivity contribution in [3.05, 3.63) is 23.8 Å². The van der Waals surface area contributed by atoms with Gasteiger partial charge in [0.15, 0.2) is 0 Å². The molecular weight excluding hydrogens is 276 g/mol. The molecule has 0 bridgehead atoms. The molecule has 0 amide bonds. The molecule has 2 rings (SSSR count). The van der Waals surface area contributed by atoms with Crippen molar-refractivity contribution >= 4 is 15.7 Å². The van der Waals surface area contributed by atoms with E-state index in [4.69, 9.17) is 4.74 Å². The van der Waals surface area contributed by atoms with Crippen molar-refractivity contribution in [3.8, 4) is 0 Å². The molecular formula is C14H22N2O3S. The highest BCUT2D eigenvalue weighted by atomic mass is 32.2. The zero-order valence-electron chi connectivity index (χ0n) is 12.0. The van der Waals surface area contributed by atoms with Gasteiger partial charge in [0.2, 0.25) is 10.0 Å². The standard InChI is InChI=1S/C14H22N2O3S/c1-3-19-10-11(2)16-20(17,18)14-8-4-7-13-12(14)6-5-9-15-13/h4,7-8,11,15-16H,3,5-6,9-10H2,1-2H3. The lowest BCUT2D eigenvalue weighted by molar-refractivity contribution is 0.133. The first-order valence-electron chi connectivity index (χ1n) is 7.00. The maximum atomic E-state index is 12.5. The predicted octanol–water partition coefficient (Wildman–Crippen LogP) is 1.75. The van der Waals surface area contributed by atoms with Crippen molar-refractivity contribution in [2.24, 2.45) is 0 Å². The van der Waals surface area contributed by atoms with Crippen LogP contribution < -0.4 is 10.0 Å². The van der Waals surface area contributed by atoms with Gasteiger partial charge in [0.05, 0.1) is 11.5 Å². The van der Waals surface area contributed by atoms with E-state index >= 15 is 0 Å². The van der Waals surface area contributed by atoms with E-state index in [1.807, 2.05) is 13.0 Å². The molecule has 112 valence electrons. The summed E-state index contributed by atoms with van der Waals surface area (Å²) in [6.07, 6.45) is 1.74. The lowest BCUT2D eigenvalue weighted by atomic mass is 10.0. The molecule has 0 fully saturated rings. The summed E-state index contributed by atoms with van der Waals surface area (Å²) in [6, 6.07) is 5.13. The van der Waals surface area contributed by atoms with Crippen molar-refractivity contribution in [2.75, 3.05) is 25.1 Å². The smallest absolute Gasteiger partial charge is 0.241 e. The topological polar surface area (TPSA) is 67.4 Å². The highest BCUT2D eigenvalue weighted by molar-refractivity contribution is 7.89. The first kappa shape index (κ1) is 15.3. The summed E-state index contributed by atoms with van der Waals surface area (Å²) in [5.41, 5.74) is 1.81. The van der Waals surface area contributed by atoms with E-state index in [2.05, 4.69) is 10.0 Å². The van der Waals surface area contributed by atoms with Crippen LogP contribution in [0.25, 0.3) is 0 Å². The summed E-state index contributed by atoms with van der Waals surface area (Å²) in [6.45, 7) is 5.55. The van der Waals surface area contributed by atoms with Gasteiger partial charge in [-0.3, -0.25) is 0 Å². The summed E-state index contributed by atoms with van der Waals surface area (Å²) in [5.74, 6) is 0. The van der Waals surface area contributed by atoms with Crippen LogP contribution in [0, 0.1) is 0 Å². The lowest BCUT2D eigenvalue weighted by Crippen LogP contribution is -2.36. The van der Waals surface area contributed by atoms with E-state index in [9.17, 15) is 8.42 Å². The molecule has 1 heterocycles. The number of ether oxygens (including phenoxy) is 1. The zero-order valence-corrected chi connectivity index (χ0v) is 12.8. The van der Waals surface area contributed by atoms with E-state index in [0.717, 1.165) is 30.6 Å². The van der Waals surface area contributed by atoms with Crippen LogP contribution in [0.2, 0.25) is 0 Å². The van der Waals surface area contributed by atoms with E-state index in [0.29, 0.717) is 18.1 Å².